The van der Waals surface area contributed by atoms with E-state index in [0.29, 0.717) is 0 Å². The molecule has 120 valence electrons. The fraction of sp³-hybridized carbons (Fsp3) is 0.400. The van der Waals surface area contributed by atoms with E-state index in [1.807, 2.05) is 0 Å². The van der Waals surface area contributed by atoms with Gasteiger partial charge >= 0.3 is 21.2 Å². The zero-order valence-electron chi connectivity index (χ0n) is 13.6. The summed E-state index contributed by atoms with van der Waals surface area (Å²) in [6, 6.07) is 18.6. The Morgan fingerprint density at radius 1 is 0.636 bits per heavy atom. The van der Waals surface area contributed by atoms with Gasteiger partial charge in [0.05, 0.1) is 0 Å². The van der Waals surface area contributed by atoms with Gasteiger partial charge in [-0.15, -0.1) is 0 Å². The minimum atomic E-state index is -0.0240. The van der Waals surface area contributed by atoms with Crippen LogP contribution in [0.2, 0.25) is 0 Å². The third-order valence-corrected chi connectivity index (χ3v) is 6.37. The van der Waals surface area contributed by atoms with Gasteiger partial charge in [0.25, 0.3) is 0 Å². The Bertz CT molecular complexity index is 467. The largest absolute Gasteiger partial charge is 1.00 e. The van der Waals surface area contributed by atoms with Gasteiger partial charge in [-0.25, -0.2) is 0 Å². The normalized spacial score (nSPS) is 10.3. The molecule has 0 radical (unpaired) electrons. The number of unbranched alkanes of at least 4 members (excludes halogenated alkanes) is 2. The average Bonchev–Trinajstić information content (AvgIpc) is 2.53. The Kier molecular flexibility index (Phi) is 9.81. The third kappa shape index (κ3) is 6.70. The number of hydrogen-bond acceptors (Lipinski definition) is 0. The molecule has 0 fully saturated rings. The van der Waals surface area contributed by atoms with Gasteiger partial charge in [0, 0.05) is 0 Å². The van der Waals surface area contributed by atoms with E-state index in [1.54, 1.807) is 0 Å². The molecule has 0 saturated heterocycles. The van der Waals surface area contributed by atoms with Gasteiger partial charge in [0.15, 0.2) is 7.14 Å². The number of aryl methyl sites for hydroxylation is 2. The fourth-order valence-electron chi connectivity index (χ4n) is 2.32. The highest BCUT2D eigenvalue weighted by Crippen LogP contribution is 2.05. The lowest BCUT2D eigenvalue weighted by atomic mass is 10.1. The smallest absolute Gasteiger partial charge is 0.357 e. The quantitative estimate of drug-likeness (QED) is 0.498. The second kappa shape index (κ2) is 11.1. The van der Waals surface area contributed by atoms with E-state index in [1.165, 1.54) is 56.8 Å². The van der Waals surface area contributed by atoms with Gasteiger partial charge in [0.1, 0.15) is 0 Å². The standard InChI is InChI=1S/C20H26I.ClH/c1-3-5-7-17-9-13-19(14-10-17)21-20-15-11-18(12-16-20)8-6-4-2;/h9-16H,3-8H2,1-2H3;1H/q+1;/p-1. The van der Waals surface area contributed by atoms with Crippen molar-refractivity contribution < 1.29 is 33.6 Å². The topological polar surface area (TPSA) is 0 Å². The summed E-state index contributed by atoms with van der Waals surface area (Å²) >= 11 is -0.0240. The van der Waals surface area contributed by atoms with Crippen LogP contribution in [0.15, 0.2) is 48.5 Å². The molecule has 0 heterocycles. The molecule has 2 aromatic carbocycles. The molecule has 0 aromatic heterocycles. The van der Waals surface area contributed by atoms with Gasteiger partial charge in [-0.05, 0) is 61.1 Å². The van der Waals surface area contributed by atoms with E-state index in [0.717, 1.165) is 0 Å². The van der Waals surface area contributed by atoms with Gasteiger partial charge in [-0.3, -0.25) is 0 Å². The van der Waals surface area contributed by atoms with Crippen molar-refractivity contribution in [1.29, 1.82) is 0 Å². The van der Waals surface area contributed by atoms with Crippen molar-refractivity contribution in [3.05, 3.63) is 66.8 Å². The van der Waals surface area contributed by atoms with Crippen LogP contribution in [0.5, 0.6) is 0 Å². The molecular formula is C20H26ClI. The number of rotatable bonds is 8. The molecule has 0 aliphatic heterocycles. The summed E-state index contributed by atoms with van der Waals surface area (Å²) in [4.78, 5) is 0. The first-order chi connectivity index (χ1) is 10.3. The first-order valence-electron chi connectivity index (χ1n) is 8.14. The highest BCUT2D eigenvalue weighted by atomic mass is 127. The molecule has 2 aromatic rings. The van der Waals surface area contributed by atoms with E-state index in [9.17, 15) is 0 Å². The van der Waals surface area contributed by atoms with Crippen molar-refractivity contribution in [2.45, 2.75) is 52.4 Å². The molecule has 0 aliphatic rings. The number of halogens is 2. The van der Waals surface area contributed by atoms with E-state index in [-0.39, 0.29) is 33.6 Å². The van der Waals surface area contributed by atoms with Crippen molar-refractivity contribution in [2.75, 3.05) is 0 Å². The van der Waals surface area contributed by atoms with E-state index in [2.05, 4.69) is 62.4 Å². The lowest BCUT2D eigenvalue weighted by Crippen LogP contribution is -3.61. The molecule has 0 spiro atoms. The van der Waals surface area contributed by atoms with Crippen LogP contribution in [0.25, 0.3) is 0 Å². The molecule has 22 heavy (non-hydrogen) atoms. The summed E-state index contributed by atoms with van der Waals surface area (Å²) < 4.78 is 3.05. The second-order valence-electron chi connectivity index (χ2n) is 5.55. The van der Waals surface area contributed by atoms with E-state index in [4.69, 9.17) is 0 Å². The first-order valence-corrected chi connectivity index (χ1v) is 10.3. The van der Waals surface area contributed by atoms with Crippen molar-refractivity contribution in [3.8, 4) is 0 Å². The predicted molar refractivity (Wildman–Crippen MR) is 87.5 cm³/mol. The first kappa shape index (κ1) is 19.5. The Hall–Kier alpha value is -0.540. The summed E-state index contributed by atoms with van der Waals surface area (Å²) in [6.07, 6.45) is 7.60. The Morgan fingerprint density at radius 2 is 1.00 bits per heavy atom. The molecule has 0 aliphatic carbocycles. The molecule has 0 bridgehead atoms. The monoisotopic (exact) mass is 428 g/mol. The van der Waals surface area contributed by atoms with Gasteiger partial charge < -0.3 is 12.4 Å². The molecule has 0 unspecified atom stereocenters. The average molecular weight is 429 g/mol. The number of benzene rings is 2. The molecule has 2 rings (SSSR count). The molecule has 0 atom stereocenters. The summed E-state index contributed by atoms with van der Waals surface area (Å²) in [5.74, 6) is 0. The molecule has 0 N–H and O–H groups in total. The predicted octanol–water partition coefficient (Wildman–Crippen LogP) is -0.496. The zero-order chi connectivity index (χ0) is 14.9. The van der Waals surface area contributed by atoms with Crippen LogP contribution in [0.3, 0.4) is 0 Å². The highest BCUT2D eigenvalue weighted by Gasteiger charge is 2.14. The molecular weight excluding hydrogens is 403 g/mol. The van der Waals surface area contributed by atoms with Crippen LogP contribution < -0.4 is 33.6 Å². The summed E-state index contributed by atoms with van der Waals surface area (Å²) in [5.41, 5.74) is 2.97. The van der Waals surface area contributed by atoms with Crippen LogP contribution >= 0.6 is 0 Å². The minimum Gasteiger partial charge on any atom is -1.00 e. The van der Waals surface area contributed by atoms with Gasteiger partial charge in [-0.1, -0.05) is 51.0 Å². The SMILES string of the molecule is CCCCc1ccc([I+]c2ccc(CCCC)cc2)cc1.[Cl-]. The summed E-state index contributed by atoms with van der Waals surface area (Å²) in [7, 11) is 0. The van der Waals surface area contributed by atoms with Crippen molar-refractivity contribution >= 4 is 0 Å². The van der Waals surface area contributed by atoms with Crippen LogP contribution in [-0.4, -0.2) is 0 Å². The van der Waals surface area contributed by atoms with Crippen LogP contribution in [0.4, 0.5) is 0 Å². The molecule has 2 heteroatoms. The van der Waals surface area contributed by atoms with Crippen LogP contribution in [-0.2, 0) is 12.8 Å². The maximum absolute atomic E-state index is 2.34. The van der Waals surface area contributed by atoms with E-state index < -0.39 is 0 Å². The maximum Gasteiger partial charge on any atom is 0.357 e. The lowest BCUT2D eigenvalue weighted by molar-refractivity contribution is -0.597. The van der Waals surface area contributed by atoms with Gasteiger partial charge in [0.2, 0.25) is 0 Å². The van der Waals surface area contributed by atoms with Crippen molar-refractivity contribution in [2.24, 2.45) is 0 Å². The second-order valence-corrected chi connectivity index (χ2v) is 8.59. The van der Waals surface area contributed by atoms with Crippen LogP contribution in [0, 0.1) is 7.14 Å². The third-order valence-electron chi connectivity index (χ3n) is 3.68. The minimum absolute atomic E-state index is 0. The zero-order valence-corrected chi connectivity index (χ0v) is 16.5. The maximum atomic E-state index is 2.34. The fourth-order valence-corrected chi connectivity index (χ4v) is 4.47. The Morgan fingerprint density at radius 3 is 1.32 bits per heavy atom. The summed E-state index contributed by atoms with van der Waals surface area (Å²) in [6.45, 7) is 4.51. The molecule has 0 nitrogen and oxygen atoms in total. The highest BCUT2D eigenvalue weighted by molar-refractivity contribution is 5.16. The molecule has 0 amide bonds. The Labute approximate surface area is 152 Å². The van der Waals surface area contributed by atoms with Gasteiger partial charge in [-0.2, -0.15) is 0 Å². The van der Waals surface area contributed by atoms with Crippen molar-refractivity contribution in [1.82, 2.24) is 0 Å². The van der Waals surface area contributed by atoms with E-state index >= 15 is 0 Å². The number of hydrogen-bond donors (Lipinski definition) is 0. The van der Waals surface area contributed by atoms with Crippen LogP contribution in [0.1, 0.15) is 50.7 Å². The summed E-state index contributed by atoms with van der Waals surface area (Å²) in [5, 5.41) is 0. The Balaban J connectivity index is 0.00000242. The lowest BCUT2D eigenvalue weighted by Gasteiger charge is -1.99. The molecule has 0 saturated carbocycles. The van der Waals surface area contributed by atoms with Crippen molar-refractivity contribution in [3.63, 3.8) is 0 Å².